The summed E-state index contributed by atoms with van der Waals surface area (Å²) in [6.07, 6.45) is 2.33. The van der Waals surface area contributed by atoms with Crippen LogP contribution in [0.25, 0.3) is 0 Å². The van der Waals surface area contributed by atoms with Gasteiger partial charge in [-0.3, -0.25) is 4.79 Å². The van der Waals surface area contributed by atoms with Gasteiger partial charge < -0.3 is 19.5 Å². The van der Waals surface area contributed by atoms with Crippen molar-refractivity contribution in [2.45, 2.75) is 23.9 Å². The third kappa shape index (κ3) is 3.61. The number of thioether (sulfide) groups is 1. The van der Waals surface area contributed by atoms with Crippen LogP contribution >= 0.6 is 11.8 Å². The fourth-order valence-electron chi connectivity index (χ4n) is 2.91. The van der Waals surface area contributed by atoms with Gasteiger partial charge in [0.2, 0.25) is 5.91 Å². The number of carbonyl (C=O) groups excluding carboxylic acids is 1. The Labute approximate surface area is 134 Å². The number of ether oxygens (including phenoxy) is 1. The third-order valence-electron chi connectivity index (χ3n) is 4.22. The number of rotatable bonds is 4. The number of piperidine rings is 1. The molecule has 1 aromatic heterocycles. The standard InChI is InChI=1S/C14H23N5O2S/c1-18-13(11-3-2-4-15-9-11)16-17-14(18)22-10-12(20)19-5-7-21-8-6-19/h11,15H,2-10H2,1H3/t11-/m1/s1. The zero-order valence-corrected chi connectivity index (χ0v) is 13.8. The summed E-state index contributed by atoms with van der Waals surface area (Å²) in [6.45, 7) is 4.71. The van der Waals surface area contributed by atoms with E-state index in [1.165, 1.54) is 18.2 Å². The Hall–Kier alpha value is -1.12. The van der Waals surface area contributed by atoms with E-state index in [1.54, 1.807) is 0 Å². The van der Waals surface area contributed by atoms with Crippen molar-refractivity contribution in [3.63, 3.8) is 0 Å². The Morgan fingerprint density at radius 2 is 2.23 bits per heavy atom. The van der Waals surface area contributed by atoms with Gasteiger partial charge in [0.05, 0.1) is 19.0 Å². The lowest BCUT2D eigenvalue weighted by atomic mass is 9.99. The fourth-order valence-corrected chi connectivity index (χ4v) is 3.73. The van der Waals surface area contributed by atoms with E-state index < -0.39 is 0 Å². The SMILES string of the molecule is Cn1c(SCC(=O)N2CCOCC2)nnc1[C@@H]1CCCNC1. The Morgan fingerprint density at radius 1 is 1.41 bits per heavy atom. The average Bonchev–Trinajstić information content (AvgIpc) is 2.95. The molecule has 2 aliphatic rings. The molecule has 122 valence electrons. The Morgan fingerprint density at radius 3 is 2.95 bits per heavy atom. The van der Waals surface area contributed by atoms with Crippen LogP contribution in [0.15, 0.2) is 5.16 Å². The number of nitrogens with zero attached hydrogens (tertiary/aromatic N) is 4. The maximum Gasteiger partial charge on any atom is 0.233 e. The molecule has 0 spiro atoms. The molecule has 0 aliphatic carbocycles. The molecule has 3 heterocycles. The maximum absolute atomic E-state index is 12.2. The molecule has 1 amide bonds. The van der Waals surface area contributed by atoms with Gasteiger partial charge >= 0.3 is 0 Å². The van der Waals surface area contributed by atoms with Crippen LogP contribution in [0.4, 0.5) is 0 Å². The molecule has 0 unspecified atom stereocenters. The number of hydrogen-bond donors (Lipinski definition) is 1. The van der Waals surface area contributed by atoms with E-state index in [1.807, 2.05) is 16.5 Å². The van der Waals surface area contributed by atoms with E-state index in [0.717, 1.165) is 30.5 Å². The summed E-state index contributed by atoms with van der Waals surface area (Å²) < 4.78 is 7.31. The van der Waals surface area contributed by atoms with Gasteiger partial charge in [-0.1, -0.05) is 11.8 Å². The van der Waals surface area contributed by atoms with Crippen LogP contribution in [0.1, 0.15) is 24.6 Å². The molecule has 1 atom stereocenters. The largest absolute Gasteiger partial charge is 0.378 e. The van der Waals surface area contributed by atoms with Crippen LogP contribution in [-0.2, 0) is 16.6 Å². The summed E-state index contributed by atoms with van der Waals surface area (Å²) in [6, 6.07) is 0. The second-order valence-corrected chi connectivity index (χ2v) is 6.67. The Balaban J connectivity index is 1.56. The molecule has 22 heavy (non-hydrogen) atoms. The number of nitrogens with one attached hydrogen (secondary N) is 1. The summed E-state index contributed by atoms with van der Waals surface area (Å²) >= 11 is 1.47. The van der Waals surface area contributed by atoms with Gasteiger partial charge in [0.25, 0.3) is 0 Å². The van der Waals surface area contributed by atoms with Gasteiger partial charge in [-0.2, -0.15) is 0 Å². The van der Waals surface area contributed by atoms with E-state index in [-0.39, 0.29) is 5.91 Å². The van der Waals surface area contributed by atoms with Crippen molar-refractivity contribution in [1.29, 1.82) is 0 Å². The van der Waals surface area contributed by atoms with Crippen molar-refractivity contribution < 1.29 is 9.53 Å². The number of morpholine rings is 1. The first-order valence-electron chi connectivity index (χ1n) is 7.84. The first-order chi connectivity index (χ1) is 10.8. The molecule has 0 bridgehead atoms. The van der Waals surface area contributed by atoms with Crippen molar-refractivity contribution >= 4 is 17.7 Å². The smallest absolute Gasteiger partial charge is 0.233 e. The summed E-state index contributed by atoms with van der Waals surface area (Å²) in [5, 5.41) is 12.8. The maximum atomic E-state index is 12.2. The number of hydrogen-bond acceptors (Lipinski definition) is 6. The van der Waals surface area contributed by atoms with Gasteiger partial charge in [-0.25, -0.2) is 0 Å². The molecule has 0 radical (unpaired) electrons. The second-order valence-electron chi connectivity index (χ2n) is 5.72. The predicted octanol–water partition coefficient (Wildman–Crippen LogP) is 0.233. The van der Waals surface area contributed by atoms with Crippen LogP contribution < -0.4 is 5.32 Å². The minimum atomic E-state index is 0.150. The zero-order chi connectivity index (χ0) is 15.4. The van der Waals surface area contributed by atoms with E-state index >= 15 is 0 Å². The number of carbonyl (C=O) groups is 1. The lowest BCUT2D eigenvalue weighted by molar-refractivity contribution is -0.132. The van der Waals surface area contributed by atoms with E-state index in [4.69, 9.17) is 4.74 Å². The molecule has 2 fully saturated rings. The second kappa shape index (κ2) is 7.43. The van der Waals surface area contributed by atoms with Gasteiger partial charge in [0, 0.05) is 32.6 Å². The average molecular weight is 325 g/mol. The minimum Gasteiger partial charge on any atom is -0.378 e. The Kier molecular flexibility index (Phi) is 5.32. The molecule has 8 heteroatoms. The lowest BCUT2D eigenvalue weighted by Crippen LogP contribution is -2.41. The molecule has 1 N–H and O–H groups in total. The molecular weight excluding hydrogens is 302 g/mol. The van der Waals surface area contributed by atoms with Gasteiger partial charge in [0.15, 0.2) is 5.16 Å². The fraction of sp³-hybridized carbons (Fsp3) is 0.786. The van der Waals surface area contributed by atoms with Crippen molar-refractivity contribution in [1.82, 2.24) is 25.0 Å². The summed E-state index contributed by atoms with van der Waals surface area (Å²) in [4.78, 5) is 14.0. The molecule has 2 aliphatic heterocycles. The first kappa shape index (κ1) is 15.8. The van der Waals surface area contributed by atoms with Crippen LogP contribution in [0, 0.1) is 0 Å². The molecule has 2 saturated heterocycles. The van der Waals surface area contributed by atoms with Gasteiger partial charge in [-0.05, 0) is 19.4 Å². The van der Waals surface area contributed by atoms with Crippen LogP contribution in [0.5, 0.6) is 0 Å². The molecule has 7 nitrogen and oxygen atoms in total. The topological polar surface area (TPSA) is 72.3 Å². The number of aromatic nitrogens is 3. The highest BCUT2D eigenvalue weighted by molar-refractivity contribution is 7.99. The third-order valence-corrected chi connectivity index (χ3v) is 5.22. The van der Waals surface area contributed by atoms with Crippen molar-refractivity contribution in [3.8, 4) is 0 Å². The van der Waals surface area contributed by atoms with Crippen molar-refractivity contribution in [3.05, 3.63) is 5.82 Å². The van der Waals surface area contributed by atoms with E-state index in [2.05, 4.69) is 15.5 Å². The molecule has 0 saturated carbocycles. The molecular formula is C14H23N5O2S. The molecule has 1 aromatic rings. The van der Waals surface area contributed by atoms with Gasteiger partial charge in [0.1, 0.15) is 5.82 Å². The van der Waals surface area contributed by atoms with Crippen molar-refractivity contribution in [2.75, 3.05) is 45.1 Å². The highest BCUT2D eigenvalue weighted by atomic mass is 32.2. The highest BCUT2D eigenvalue weighted by Gasteiger charge is 2.23. The monoisotopic (exact) mass is 325 g/mol. The summed E-state index contributed by atoms with van der Waals surface area (Å²) in [5.41, 5.74) is 0. The Bertz CT molecular complexity index is 509. The van der Waals surface area contributed by atoms with Crippen LogP contribution in [-0.4, -0.2) is 70.7 Å². The van der Waals surface area contributed by atoms with Crippen molar-refractivity contribution in [2.24, 2.45) is 7.05 Å². The normalized spacial score (nSPS) is 22.8. The van der Waals surface area contributed by atoms with E-state index in [9.17, 15) is 4.79 Å². The first-order valence-corrected chi connectivity index (χ1v) is 8.82. The molecule has 0 aromatic carbocycles. The van der Waals surface area contributed by atoms with Gasteiger partial charge in [-0.15, -0.1) is 10.2 Å². The summed E-state index contributed by atoms with van der Waals surface area (Å²) in [5.74, 6) is 2.01. The summed E-state index contributed by atoms with van der Waals surface area (Å²) in [7, 11) is 1.99. The highest BCUT2D eigenvalue weighted by Crippen LogP contribution is 2.25. The van der Waals surface area contributed by atoms with Crippen LogP contribution in [0.2, 0.25) is 0 Å². The van der Waals surface area contributed by atoms with Crippen LogP contribution in [0.3, 0.4) is 0 Å². The zero-order valence-electron chi connectivity index (χ0n) is 13.0. The lowest BCUT2D eigenvalue weighted by Gasteiger charge is -2.26. The van der Waals surface area contributed by atoms with E-state index in [0.29, 0.717) is 38.0 Å². The number of amides is 1. The predicted molar refractivity (Wildman–Crippen MR) is 84.0 cm³/mol. The molecule has 3 rings (SSSR count). The minimum absolute atomic E-state index is 0.150. The quantitative estimate of drug-likeness (QED) is 0.799.